The average Bonchev–Trinajstić information content (AvgIpc) is 2.30. The van der Waals surface area contributed by atoms with Crippen LogP contribution in [0.5, 0.6) is 0 Å². The Morgan fingerprint density at radius 2 is 2.06 bits per heavy atom. The molecule has 0 fully saturated rings. The molecule has 0 spiro atoms. The number of rotatable bonds is 3. The summed E-state index contributed by atoms with van der Waals surface area (Å²) in [7, 11) is 0. The van der Waals surface area contributed by atoms with Crippen molar-refractivity contribution in [3.8, 4) is 0 Å². The molecule has 2 heteroatoms. The predicted octanol–water partition coefficient (Wildman–Crippen LogP) is 2.99. The highest BCUT2D eigenvalue weighted by Gasteiger charge is 2.08. The molecule has 0 aliphatic carbocycles. The van der Waals surface area contributed by atoms with Gasteiger partial charge in [0, 0.05) is 11.1 Å². The fourth-order valence-corrected chi connectivity index (χ4v) is 2.26. The van der Waals surface area contributed by atoms with E-state index in [1.54, 1.807) is 0 Å². The van der Waals surface area contributed by atoms with Gasteiger partial charge >= 0.3 is 0 Å². The summed E-state index contributed by atoms with van der Waals surface area (Å²) in [6, 6.07) is 8.57. The molecule has 2 N–H and O–H groups in total. The van der Waals surface area contributed by atoms with E-state index in [-0.39, 0.29) is 0 Å². The minimum Gasteiger partial charge on any atom is -0.330 e. The minimum absolute atomic E-state index is 0.503. The van der Waals surface area contributed by atoms with Crippen LogP contribution in [-0.2, 0) is 6.42 Å². The molecule has 1 atom stereocenters. The number of fused-ring (bicyclic) bond motifs is 1. The first-order valence-corrected chi connectivity index (χ1v) is 6.17. The molecule has 0 saturated carbocycles. The van der Waals surface area contributed by atoms with Crippen molar-refractivity contribution in [2.45, 2.75) is 27.2 Å². The van der Waals surface area contributed by atoms with E-state index in [9.17, 15) is 0 Å². The second kappa shape index (κ2) is 4.84. The van der Waals surface area contributed by atoms with Crippen LogP contribution in [0.2, 0.25) is 0 Å². The molecular formula is C15H20N2. The Labute approximate surface area is 103 Å². The number of nitrogens with zero attached hydrogens (tertiary/aromatic N) is 1. The maximum absolute atomic E-state index is 5.70. The monoisotopic (exact) mass is 228 g/mol. The molecule has 2 aromatic rings. The number of hydrogen-bond acceptors (Lipinski definition) is 2. The van der Waals surface area contributed by atoms with Crippen LogP contribution in [0, 0.1) is 19.8 Å². The lowest BCUT2D eigenvalue weighted by molar-refractivity contribution is 0.594. The summed E-state index contributed by atoms with van der Waals surface area (Å²) in [6.07, 6.45) is 1.00. The summed E-state index contributed by atoms with van der Waals surface area (Å²) in [5.41, 5.74) is 10.5. The number of para-hydroxylation sites is 1. The van der Waals surface area contributed by atoms with Gasteiger partial charge in [0.05, 0.1) is 5.52 Å². The first-order chi connectivity index (χ1) is 8.11. The third kappa shape index (κ3) is 2.47. The maximum atomic E-state index is 5.70. The van der Waals surface area contributed by atoms with Crippen molar-refractivity contribution in [2.75, 3.05) is 6.54 Å². The number of aryl methyl sites for hydroxylation is 2. The van der Waals surface area contributed by atoms with E-state index in [4.69, 9.17) is 5.73 Å². The Bertz CT molecular complexity index is 532. The number of aromatic nitrogens is 1. The minimum atomic E-state index is 0.503. The zero-order chi connectivity index (χ0) is 12.4. The zero-order valence-corrected chi connectivity index (χ0v) is 10.8. The van der Waals surface area contributed by atoms with E-state index in [2.05, 4.69) is 50.0 Å². The quantitative estimate of drug-likeness (QED) is 0.877. The van der Waals surface area contributed by atoms with Gasteiger partial charge in [-0.05, 0) is 49.9 Å². The van der Waals surface area contributed by atoms with Gasteiger partial charge in [-0.2, -0.15) is 0 Å². The van der Waals surface area contributed by atoms with E-state index in [0.29, 0.717) is 5.92 Å². The molecule has 2 rings (SSSR count). The Morgan fingerprint density at radius 1 is 1.29 bits per heavy atom. The highest BCUT2D eigenvalue weighted by molar-refractivity contribution is 5.85. The number of hydrogen-bond donors (Lipinski definition) is 1. The fraction of sp³-hybridized carbons (Fsp3) is 0.400. The first-order valence-electron chi connectivity index (χ1n) is 6.17. The smallest absolute Gasteiger partial charge is 0.0739 e. The van der Waals surface area contributed by atoms with E-state index < -0.39 is 0 Å². The first kappa shape index (κ1) is 12.1. The van der Waals surface area contributed by atoms with Gasteiger partial charge in [0.2, 0.25) is 0 Å². The SMILES string of the molecule is Cc1cc(C)c2cccc(CC(C)CN)c2n1. The lowest BCUT2D eigenvalue weighted by Crippen LogP contribution is -2.13. The van der Waals surface area contributed by atoms with E-state index in [1.807, 2.05) is 0 Å². The van der Waals surface area contributed by atoms with Gasteiger partial charge in [-0.1, -0.05) is 25.1 Å². The van der Waals surface area contributed by atoms with Gasteiger partial charge < -0.3 is 5.73 Å². The molecule has 1 aromatic heterocycles. The normalized spacial score (nSPS) is 12.9. The van der Waals surface area contributed by atoms with Gasteiger partial charge in [0.25, 0.3) is 0 Å². The summed E-state index contributed by atoms with van der Waals surface area (Å²) < 4.78 is 0. The molecule has 90 valence electrons. The second-order valence-corrected chi connectivity index (χ2v) is 4.94. The van der Waals surface area contributed by atoms with Gasteiger partial charge in [0.15, 0.2) is 0 Å². The summed E-state index contributed by atoms with van der Waals surface area (Å²) in [6.45, 7) is 7.10. The Hall–Kier alpha value is -1.41. The van der Waals surface area contributed by atoms with Crippen molar-refractivity contribution in [3.63, 3.8) is 0 Å². The second-order valence-electron chi connectivity index (χ2n) is 4.94. The van der Waals surface area contributed by atoms with E-state index >= 15 is 0 Å². The topological polar surface area (TPSA) is 38.9 Å². The molecule has 0 bridgehead atoms. The summed E-state index contributed by atoms with van der Waals surface area (Å²) >= 11 is 0. The predicted molar refractivity (Wildman–Crippen MR) is 73.1 cm³/mol. The lowest BCUT2D eigenvalue weighted by Gasteiger charge is -2.12. The van der Waals surface area contributed by atoms with Crippen LogP contribution in [0.3, 0.4) is 0 Å². The summed E-state index contributed by atoms with van der Waals surface area (Å²) in [5.74, 6) is 0.503. The third-order valence-corrected chi connectivity index (χ3v) is 3.23. The third-order valence-electron chi connectivity index (χ3n) is 3.23. The summed E-state index contributed by atoms with van der Waals surface area (Å²) in [4.78, 5) is 4.68. The molecule has 0 saturated heterocycles. The van der Waals surface area contributed by atoms with Crippen molar-refractivity contribution < 1.29 is 0 Å². The van der Waals surface area contributed by atoms with Crippen LogP contribution >= 0.6 is 0 Å². The van der Waals surface area contributed by atoms with Crippen molar-refractivity contribution in [1.82, 2.24) is 4.98 Å². The molecule has 2 nitrogen and oxygen atoms in total. The summed E-state index contributed by atoms with van der Waals surface area (Å²) in [5, 5.41) is 1.26. The average molecular weight is 228 g/mol. The molecule has 1 unspecified atom stereocenters. The Morgan fingerprint density at radius 3 is 2.76 bits per heavy atom. The molecule has 0 aliphatic heterocycles. The fourth-order valence-electron chi connectivity index (χ4n) is 2.26. The zero-order valence-electron chi connectivity index (χ0n) is 10.8. The van der Waals surface area contributed by atoms with Crippen molar-refractivity contribution in [1.29, 1.82) is 0 Å². The van der Waals surface area contributed by atoms with Crippen LogP contribution in [0.4, 0.5) is 0 Å². The molecule has 0 radical (unpaired) electrons. The molecule has 0 aliphatic rings. The van der Waals surface area contributed by atoms with E-state index in [1.165, 1.54) is 16.5 Å². The Balaban J connectivity index is 2.56. The maximum Gasteiger partial charge on any atom is 0.0739 e. The highest BCUT2D eigenvalue weighted by atomic mass is 14.7. The molecule has 17 heavy (non-hydrogen) atoms. The largest absolute Gasteiger partial charge is 0.330 e. The highest BCUT2D eigenvalue weighted by Crippen LogP contribution is 2.23. The Kier molecular flexibility index (Phi) is 3.43. The van der Waals surface area contributed by atoms with E-state index in [0.717, 1.165) is 24.2 Å². The van der Waals surface area contributed by atoms with Gasteiger partial charge in [-0.3, -0.25) is 4.98 Å². The lowest BCUT2D eigenvalue weighted by atomic mass is 9.97. The number of pyridine rings is 1. The van der Waals surface area contributed by atoms with Crippen LogP contribution < -0.4 is 5.73 Å². The van der Waals surface area contributed by atoms with Gasteiger partial charge in [-0.25, -0.2) is 0 Å². The number of benzene rings is 1. The standard InChI is InChI=1S/C15H20N2/c1-10(9-16)7-13-5-4-6-14-11(2)8-12(3)17-15(13)14/h4-6,8,10H,7,9,16H2,1-3H3. The molecule has 0 amide bonds. The van der Waals surface area contributed by atoms with Crippen LogP contribution in [0.25, 0.3) is 10.9 Å². The van der Waals surface area contributed by atoms with Gasteiger partial charge in [0.1, 0.15) is 0 Å². The van der Waals surface area contributed by atoms with Crippen LogP contribution in [0.1, 0.15) is 23.7 Å². The van der Waals surface area contributed by atoms with Crippen molar-refractivity contribution >= 4 is 10.9 Å². The van der Waals surface area contributed by atoms with Gasteiger partial charge in [-0.15, -0.1) is 0 Å². The van der Waals surface area contributed by atoms with Crippen molar-refractivity contribution in [2.24, 2.45) is 11.7 Å². The molecule has 1 aromatic carbocycles. The molecular weight excluding hydrogens is 208 g/mol. The van der Waals surface area contributed by atoms with Crippen molar-refractivity contribution in [3.05, 3.63) is 41.1 Å². The molecule has 1 heterocycles. The number of nitrogens with two attached hydrogens (primary N) is 1. The van der Waals surface area contributed by atoms with Crippen LogP contribution in [-0.4, -0.2) is 11.5 Å². The van der Waals surface area contributed by atoms with Crippen LogP contribution in [0.15, 0.2) is 24.3 Å².